The molecule has 0 spiro atoms. The topological polar surface area (TPSA) is 57.7 Å². The van der Waals surface area contributed by atoms with Crippen LogP contribution in [0.25, 0.3) is 0 Å². The van der Waals surface area contributed by atoms with Gasteiger partial charge in [0.2, 0.25) is 10.0 Å². The molecule has 3 fully saturated rings. The highest BCUT2D eigenvalue weighted by Crippen LogP contribution is 2.64. The van der Waals surface area contributed by atoms with E-state index in [4.69, 9.17) is 0 Å². The summed E-state index contributed by atoms with van der Waals surface area (Å²) in [4.78, 5) is 15.1. The molecule has 5 nitrogen and oxygen atoms in total. The molecule has 1 aromatic rings. The van der Waals surface area contributed by atoms with Crippen LogP contribution in [0.15, 0.2) is 24.3 Å². The Morgan fingerprint density at radius 3 is 2.13 bits per heavy atom. The van der Waals surface area contributed by atoms with Crippen molar-refractivity contribution in [2.45, 2.75) is 65.8 Å². The largest absolute Gasteiger partial charge is 0.299 e. The van der Waals surface area contributed by atoms with E-state index in [9.17, 15) is 13.2 Å². The van der Waals surface area contributed by atoms with Gasteiger partial charge in [-0.05, 0) is 40.7 Å². The summed E-state index contributed by atoms with van der Waals surface area (Å²) >= 11 is 0. The number of fused-ring (bicyclic) bond motifs is 2. The highest BCUT2D eigenvalue weighted by Gasteiger charge is 2.65. The molecule has 1 heterocycles. The molecule has 1 saturated heterocycles. The number of carbonyl (C=O) groups is 1. The van der Waals surface area contributed by atoms with E-state index in [1.165, 1.54) is 11.1 Å². The minimum absolute atomic E-state index is 0.00337. The summed E-state index contributed by atoms with van der Waals surface area (Å²) in [6.45, 7) is 14.2. The molecule has 6 heteroatoms. The molecule has 31 heavy (non-hydrogen) atoms. The van der Waals surface area contributed by atoms with E-state index in [0.29, 0.717) is 25.4 Å². The Kier molecular flexibility index (Phi) is 5.67. The van der Waals surface area contributed by atoms with Gasteiger partial charge < -0.3 is 0 Å². The Hall–Kier alpha value is -1.24. The van der Waals surface area contributed by atoms with Crippen LogP contribution in [-0.2, 0) is 26.8 Å². The first-order valence-corrected chi connectivity index (χ1v) is 13.3. The van der Waals surface area contributed by atoms with Gasteiger partial charge in [0.25, 0.3) is 0 Å². The van der Waals surface area contributed by atoms with Gasteiger partial charge in [-0.2, -0.15) is 4.31 Å². The molecule has 2 saturated carbocycles. The standard InChI is InChI=1S/C25H38N2O3S/c1-23(2,3)20-8-6-19(7-9-20)17-26-12-14-27(15-13-26)31(29,30)18-25-11-10-21(16-22(25)28)24(25,4)5/h6-9,21H,10-18H2,1-5H3/t21-,25?/m0/s1. The fraction of sp³-hybridized carbons (Fsp3) is 0.720. The van der Waals surface area contributed by atoms with Gasteiger partial charge in [-0.1, -0.05) is 58.9 Å². The predicted octanol–water partition coefficient (Wildman–Crippen LogP) is 3.83. The maximum absolute atomic E-state index is 13.3. The zero-order chi connectivity index (χ0) is 22.7. The van der Waals surface area contributed by atoms with E-state index in [0.717, 1.165) is 32.5 Å². The van der Waals surface area contributed by atoms with Gasteiger partial charge in [0.15, 0.2) is 0 Å². The first-order valence-electron chi connectivity index (χ1n) is 11.7. The zero-order valence-electron chi connectivity index (χ0n) is 19.8. The first-order chi connectivity index (χ1) is 14.3. The summed E-state index contributed by atoms with van der Waals surface area (Å²) in [7, 11) is -3.45. The van der Waals surface area contributed by atoms with Crippen LogP contribution < -0.4 is 0 Å². The van der Waals surface area contributed by atoms with Gasteiger partial charge in [0.1, 0.15) is 5.78 Å². The number of nitrogens with zero attached hydrogens (tertiary/aromatic N) is 2. The minimum Gasteiger partial charge on any atom is -0.299 e. The summed E-state index contributed by atoms with van der Waals surface area (Å²) < 4.78 is 28.3. The van der Waals surface area contributed by atoms with Crippen molar-refractivity contribution in [2.24, 2.45) is 16.7 Å². The van der Waals surface area contributed by atoms with Crippen molar-refractivity contribution >= 4 is 15.8 Å². The molecule has 2 bridgehead atoms. The number of piperazine rings is 1. The first kappa shape index (κ1) is 22.9. The van der Waals surface area contributed by atoms with Gasteiger partial charge >= 0.3 is 0 Å². The molecule has 2 aliphatic carbocycles. The summed E-state index contributed by atoms with van der Waals surface area (Å²) in [5, 5.41) is 0. The van der Waals surface area contributed by atoms with Crippen LogP contribution in [0.5, 0.6) is 0 Å². The lowest BCUT2D eigenvalue weighted by Gasteiger charge is -2.39. The molecule has 4 rings (SSSR count). The zero-order valence-corrected chi connectivity index (χ0v) is 20.6. The summed E-state index contributed by atoms with van der Waals surface area (Å²) in [5.74, 6) is 0.516. The van der Waals surface area contributed by atoms with E-state index in [1.807, 2.05) is 0 Å². The van der Waals surface area contributed by atoms with Gasteiger partial charge in [-0.25, -0.2) is 8.42 Å². The molecular weight excluding hydrogens is 408 g/mol. The lowest BCUT2D eigenvalue weighted by atomic mass is 9.70. The Labute approximate surface area is 188 Å². The van der Waals surface area contributed by atoms with Crippen molar-refractivity contribution in [3.63, 3.8) is 0 Å². The molecule has 0 radical (unpaired) electrons. The second-order valence-electron chi connectivity index (χ2n) is 11.5. The third-order valence-corrected chi connectivity index (χ3v) is 10.5. The number of hydrogen-bond donors (Lipinski definition) is 0. The fourth-order valence-corrected chi connectivity index (χ4v) is 8.25. The number of rotatable bonds is 5. The van der Waals surface area contributed by atoms with E-state index in [2.05, 4.69) is 63.8 Å². The van der Waals surface area contributed by atoms with Crippen LogP contribution >= 0.6 is 0 Å². The number of Topliss-reactive ketones (excluding diaryl/α,β-unsaturated/α-hetero) is 1. The van der Waals surface area contributed by atoms with Gasteiger partial charge in [-0.3, -0.25) is 9.69 Å². The maximum Gasteiger partial charge on any atom is 0.215 e. The number of ketones is 1. The van der Waals surface area contributed by atoms with Crippen LogP contribution in [0.3, 0.4) is 0 Å². The van der Waals surface area contributed by atoms with Crippen molar-refractivity contribution < 1.29 is 13.2 Å². The molecule has 172 valence electrons. The maximum atomic E-state index is 13.3. The highest BCUT2D eigenvalue weighted by atomic mass is 32.2. The minimum atomic E-state index is -3.45. The van der Waals surface area contributed by atoms with Gasteiger partial charge in [0.05, 0.1) is 5.75 Å². The van der Waals surface area contributed by atoms with Crippen molar-refractivity contribution in [3.8, 4) is 0 Å². The summed E-state index contributed by atoms with van der Waals surface area (Å²) in [6, 6.07) is 8.77. The van der Waals surface area contributed by atoms with E-state index in [-0.39, 0.29) is 22.4 Å². The molecule has 0 amide bonds. The molecular formula is C25H38N2O3S. The van der Waals surface area contributed by atoms with Crippen molar-refractivity contribution in [2.75, 3.05) is 31.9 Å². The van der Waals surface area contributed by atoms with Crippen molar-refractivity contribution in [3.05, 3.63) is 35.4 Å². The Bertz CT molecular complexity index is 938. The Morgan fingerprint density at radius 2 is 1.65 bits per heavy atom. The molecule has 3 aliphatic rings. The van der Waals surface area contributed by atoms with Crippen LogP contribution in [0, 0.1) is 16.7 Å². The second-order valence-corrected chi connectivity index (χ2v) is 13.5. The normalized spacial score (nSPS) is 29.6. The van der Waals surface area contributed by atoms with Gasteiger partial charge in [0, 0.05) is 44.6 Å². The van der Waals surface area contributed by atoms with Crippen molar-refractivity contribution in [1.82, 2.24) is 9.21 Å². The molecule has 0 aromatic heterocycles. The average molecular weight is 447 g/mol. The number of carbonyl (C=O) groups excluding carboxylic acids is 1. The third-order valence-electron chi connectivity index (χ3n) is 8.52. The lowest BCUT2D eigenvalue weighted by Crippen LogP contribution is -2.52. The fourth-order valence-electron chi connectivity index (χ4n) is 6.05. The Morgan fingerprint density at radius 1 is 1.03 bits per heavy atom. The summed E-state index contributed by atoms with van der Waals surface area (Å²) in [6.07, 6.45) is 2.27. The molecule has 1 aliphatic heterocycles. The van der Waals surface area contributed by atoms with E-state index >= 15 is 0 Å². The van der Waals surface area contributed by atoms with Crippen LogP contribution in [0.2, 0.25) is 0 Å². The highest BCUT2D eigenvalue weighted by molar-refractivity contribution is 7.89. The van der Waals surface area contributed by atoms with Crippen LogP contribution in [0.1, 0.15) is 65.0 Å². The van der Waals surface area contributed by atoms with Crippen molar-refractivity contribution in [1.29, 1.82) is 0 Å². The lowest BCUT2D eigenvalue weighted by molar-refractivity contribution is -0.128. The smallest absolute Gasteiger partial charge is 0.215 e. The Balaban J connectivity index is 1.37. The summed E-state index contributed by atoms with van der Waals surface area (Å²) in [5.41, 5.74) is 1.84. The van der Waals surface area contributed by atoms with Crippen LogP contribution in [-0.4, -0.2) is 55.3 Å². The van der Waals surface area contributed by atoms with E-state index in [1.54, 1.807) is 4.31 Å². The van der Waals surface area contributed by atoms with Gasteiger partial charge in [-0.15, -0.1) is 0 Å². The quantitative estimate of drug-likeness (QED) is 0.690. The number of benzene rings is 1. The molecule has 2 atom stereocenters. The van der Waals surface area contributed by atoms with E-state index < -0.39 is 15.4 Å². The monoisotopic (exact) mass is 446 g/mol. The molecule has 1 aromatic carbocycles. The number of sulfonamides is 1. The predicted molar refractivity (Wildman–Crippen MR) is 124 cm³/mol. The second kappa shape index (κ2) is 7.67. The SMILES string of the molecule is CC(C)(C)c1ccc(CN2CCN(S(=O)(=O)CC34CC[C@@H](CC3=O)C4(C)C)CC2)cc1. The molecule has 0 N–H and O–H groups in total. The third kappa shape index (κ3) is 4.00. The molecule has 1 unspecified atom stereocenters. The van der Waals surface area contributed by atoms with Crippen LogP contribution in [0.4, 0.5) is 0 Å². The average Bonchev–Trinajstić information content (AvgIpc) is 3.02. The number of hydrogen-bond acceptors (Lipinski definition) is 4.